The van der Waals surface area contributed by atoms with Gasteiger partial charge in [0.2, 0.25) is 5.91 Å². The molecule has 1 fully saturated rings. The molecule has 0 aliphatic carbocycles. The van der Waals surface area contributed by atoms with Crippen LogP contribution in [0.4, 0.5) is 8.78 Å². The molecule has 21 heavy (non-hydrogen) atoms. The molecule has 1 aliphatic heterocycles. The van der Waals surface area contributed by atoms with Crippen LogP contribution in [0.25, 0.3) is 0 Å². The average Bonchev–Trinajstić information content (AvgIpc) is 2.86. The summed E-state index contributed by atoms with van der Waals surface area (Å²) in [5.74, 6) is -3.43. The van der Waals surface area contributed by atoms with E-state index in [-0.39, 0.29) is 19.1 Å². The Morgan fingerprint density at radius 1 is 1.38 bits per heavy atom. The molecular formula is C13H13ClF2N2O3. The molecule has 0 unspecified atom stereocenters. The van der Waals surface area contributed by atoms with Crippen molar-refractivity contribution in [3.05, 3.63) is 34.4 Å². The minimum Gasteiger partial charge on any atom is -0.380 e. The predicted molar refractivity (Wildman–Crippen MR) is 70.8 cm³/mol. The molecule has 1 heterocycles. The Morgan fingerprint density at radius 2 is 2.05 bits per heavy atom. The minimum atomic E-state index is -0.963. The lowest BCUT2D eigenvalue weighted by atomic mass is 10.1. The molecule has 0 spiro atoms. The highest BCUT2D eigenvalue weighted by atomic mass is 35.5. The highest BCUT2D eigenvalue weighted by Crippen LogP contribution is 2.25. The molecular weight excluding hydrogens is 306 g/mol. The van der Waals surface area contributed by atoms with E-state index < -0.39 is 40.1 Å². The molecule has 1 saturated heterocycles. The highest BCUT2D eigenvalue weighted by molar-refractivity contribution is 6.30. The number of ether oxygens (including phenoxy) is 1. The number of hydrogen-bond donors (Lipinski definition) is 1. The number of rotatable bonds is 3. The molecule has 0 saturated carbocycles. The Balaban J connectivity index is 2.34. The second-order valence-corrected chi connectivity index (χ2v) is 5.12. The van der Waals surface area contributed by atoms with Crippen molar-refractivity contribution in [3.63, 3.8) is 0 Å². The summed E-state index contributed by atoms with van der Waals surface area (Å²) in [5, 5.41) is -0.424. The number of methoxy groups -OCH3 is 1. The number of carbonyl (C=O) groups is 2. The second kappa shape index (κ2) is 5.95. The van der Waals surface area contributed by atoms with Crippen LogP contribution in [0.5, 0.6) is 0 Å². The van der Waals surface area contributed by atoms with E-state index in [0.29, 0.717) is 12.1 Å². The number of carbonyl (C=O) groups excluding carboxylic acids is 2. The van der Waals surface area contributed by atoms with Gasteiger partial charge in [0, 0.05) is 20.1 Å². The lowest BCUT2D eigenvalue weighted by Crippen LogP contribution is -2.44. The summed E-state index contributed by atoms with van der Waals surface area (Å²) in [6.07, 6.45) is -0.165. The first-order valence-corrected chi connectivity index (χ1v) is 6.50. The molecule has 0 aromatic heterocycles. The first-order chi connectivity index (χ1) is 9.85. The first-order valence-electron chi connectivity index (χ1n) is 6.12. The Kier molecular flexibility index (Phi) is 4.43. The highest BCUT2D eigenvalue weighted by Gasteiger charge is 2.39. The fourth-order valence-corrected chi connectivity index (χ4v) is 2.45. The number of benzene rings is 1. The van der Waals surface area contributed by atoms with Crippen LogP contribution in [0, 0.1) is 11.6 Å². The maximum atomic E-state index is 13.8. The molecule has 2 atom stereocenters. The van der Waals surface area contributed by atoms with Gasteiger partial charge in [-0.3, -0.25) is 9.59 Å². The van der Waals surface area contributed by atoms with Crippen molar-refractivity contribution in [1.29, 1.82) is 0 Å². The molecule has 5 nitrogen and oxygen atoms in total. The number of likely N-dealkylation sites (tertiary alicyclic amines) is 1. The Labute approximate surface area is 124 Å². The fourth-order valence-electron chi connectivity index (χ4n) is 2.30. The second-order valence-electron chi connectivity index (χ2n) is 4.72. The summed E-state index contributed by atoms with van der Waals surface area (Å²) < 4.78 is 32.3. The Bertz CT molecular complexity index is 597. The maximum Gasteiger partial charge on any atom is 0.257 e. The van der Waals surface area contributed by atoms with E-state index in [0.717, 1.165) is 4.90 Å². The first kappa shape index (κ1) is 15.7. The van der Waals surface area contributed by atoms with Crippen LogP contribution >= 0.6 is 11.6 Å². The molecule has 0 radical (unpaired) electrons. The van der Waals surface area contributed by atoms with Gasteiger partial charge in [-0.15, -0.1) is 0 Å². The third-order valence-corrected chi connectivity index (χ3v) is 3.72. The van der Waals surface area contributed by atoms with Crippen LogP contribution in [0.1, 0.15) is 16.8 Å². The van der Waals surface area contributed by atoms with E-state index in [2.05, 4.69) is 0 Å². The third kappa shape index (κ3) is 2.98. The topological polar surface area (TPSA) is 72.6 Å². The molecule has 2 N–H and O–H groups in total. The summed E-state index contributed by atoms with van der Waals surface area (Å²) in [5.41, 5.74) is 4.74. The summed E-state index contributed by atoms with van der Waals surface area (Å²) in [4.78, 5) is 24.8. The van der Waals surface area contributed by atoms with Crippen molar-refractivity contribution in [3.8, 4) is 0 Å². The van der Waals surface area contributed by atoms with Crippen molar-refractivity contribution in [2.75, 3.05) is 13.7 Å². The molecule has 0 bridgehead atoms. The largest absolute Gasteiger partial charge is 0.380 e. The van der Waals surface area contributed by atoms with Crippen molar-refractivity contribution in [2.24, 2.45) is 5.73 Å². The molecule has 114 valence electrons. The van der Waals surface area contributed by atoms with Gasteiger partial charge in [0.1, 0.15) is 17.7 Å². The Morgan fingerprint density at radius 3 is 2.62 bits per heavy atom. The van der Waals surface area contributed by atoms with Crippen molar-refractivity contribution in [1.82, 2.24) is 4.90 Å². The summed E-state index contributed by atoms with van der Waals surface area (Å²) >= 11 is 5.44. The zero-order chi connectivity index (χ0) is 15.7. The smallest absolute Gasteiger partial charge is 0.257 e. The average molecular weight is 319 g/mol. The number of hydrogen-bond acceptors (Lipinski definition) is 3. The molecule has 8 heteroatoms. The van der Waals surface area contributed by atoms with Gasteiger partial charge in [-0.1, -0.05) is 11.6 Å². The van der Waals surface area contributed by atoms with Gasteiger partial charge in [0.15, 0.2) is 0 Å². The summed E-state index contributed by atoms with van der Waals surface area (Å²) in [6.45, 7) is 0.0760. The standard InChI is InChI=1S/C13H13ClF2N2O3/c1-21-6-2-11(12(17)19)18(5-6)13(20)7-3-10(16)8(14)4-9(7)15/h3-4,6,11H,2,5H2,1H3,(H2,17,19)/t6-,11-/m0/s1. The van der Waals surface area contributed by atoms with Crippen LogP contribution < -0.4 is 5.73 Å². The van der Waals surface area contributed by atoms with E-state index in [1.807, 2.05) is 0 Å². The third-order valence-electron chi connectivity index (χ3n) is 3.43. The van der Waals surface area contributed by atoms with Gasteiger partial charge < -0.3 is 15.4 Å². The van der Waals surface area contributed by atoms with Gasteiger partial charge in [0.05, 0.1) is 16.7 Å². The number of nitrogens with two attached hydrogens (primary N) is 1. The zero-order valence-corrected chi connectivity index (χ0v) is 11.9. The van der Waals surface area contributed by atoms with Gasteiger partial charge in [0.25, 0.3) is 5.91 Å². The Hall–Kier alpha value is -1.73. The van der Waals surface area contributed by atoms with Gasteiger partial charge in [-0.05, 0) is 12.1 Å². The number of halogens is 3. The summed E-state index contributed by atoms with van der Waals surface area (Å²) in [6, 6.07) is 0.506. The van der Waals surface area contributed by atoms with Crippen LogP contribution in [0.3, 0.4) is 0 Å². The van der Waals surface area contributed by atoms with Crippen LogP contribution in [0.15, 0.2) is 12.1 Å². The van der Waals surface area contributed by atoms with E-state index >= 15 is 0 Å². The number of primary amides is 1. The van der Waals surface area contributed by atoms with E-state index in [1.54, 1.807) is 0 Å². The number of amides is 2. The van der Waals surface area contributed by atoms with Crippen molar-refractivity contribution >= 4 is 23.4 Å². The molecule has 2 rings (SSSR count). The fraction of sp³-hybridized carbons (Fsp3) is 0.385. The van der Waals surface area contributed by atoms with Crippen molar-refractivity contribution < 1.29 is 23.1 Å². The van der Waals surface area contributed by atoms with Crippen LogP contribution in [-0.2, 0) is 9.53 Å². The minimum absolute atomic E-state index is 0.0760. The molecule has 2 amide bonds. The maximum absolute atomic E-state index is 13.8. The van der Waals surface area contributed by atoms with E-state index in [9.17, 15) is 18.4 Å². The predicted octanol–water partition coefficient (Wildman–Crippen LogP) is 1.33. The molecule has 1 aromatic carbocycles. The SMILES string of the molecule is CO[C@H]1C[C@@H](C(N)=O)N(C(=O)c2cc(F)c(Cl)cc2F)C1. The molecule has 1 aliphatic rings. The van der Waals surface area contributed by atoms with Gasteiger partial charge >= 0.3 is 0 Å². The zero-order valence-electron chi connectivity index (χ0n) is 11.1. The summed E-state index contributed by atoms with van der Waals surface area (Å²) in [7, 11) is 1.43. The number of nitrogens with zero attached hydrogens (tertiary/aromatic N) is 1. The van der Waals surface area contributed by atoms with E-state index in [4.69, 9.17) is 22.1 Å². The van der Waals surface area contributed by atoms with Gasteiger partial charge in [-0.2, -0.15) is 0 Å². The lowest BCUT2D eigenvalue weighted by Gasteiger charge is -2.22. The monoisotopic (exact) mass is 318 g/mol. The van der Waals surface area contributed by atoms with Gasteiger partial charge in [-0.25, -0.2) is 8.78 Å². The van der Waals surface area contributed by atoms with Crippen molar-refractivity contribution in [2.45, 2.75) is 18.6 Å². The normalized spacial score (nSPS) is 21.6. The molecule has 1 aromatic rings. The van der Waals surface area contributed by atoms with Crippen LogP contribution in [0.2, 0.25) is 5.02 Å². The lowest BCUT2D eigenvalue weighted by molar-refractivity contribution is -0.121. The van der Waals surface area contributed by atoms with Crippen LogP contribution in [-0.4, -0.2) is 42.5 Å². The quantitative estimate of drug-likeness (QED) is 0.855. The van der Waals surface area contributed by atoms with E-state index in [1.165, 1.54) is 7.11 Å².